The van der Waals surface area contributed by atoms with Crippen molar-refractivity contribution in [1.29, 1.82) is 5.41 Å². The summed E-state index contributed by atoms with van der Waals surface area (Å²) in [7, 11) is 0. The molecule has 0 aromatic carbocycles. The fourth-order valence-corrected chi connectivity index (χ4v) is 1.34. The molecule has 0 atom stereocenters. The standard InChI is InChI=1S/C11H16N4O.ClH/c1-4-6-14(7-5-2)10-8-9(3)15(16)11(12)13-10;/h4-5,8,12,16H,1-2,6-7H2,3H3;1H. The van der Waals surface area contributed by atoms with Crippen molar-refractivity contribution < 1.29 is 5.21 Å². The van der Waals surface area contributed by atoms with E-state index in [1.54, 1.807) is 25.1 Å². The van der Waals surface area contributed by atoms with E-state index in [1.165, 1.54) is 0 Å². The third-order valence-electron chi connectivity index (χ3n) is 2.12. The number of anilines is 1. The number of rotatable bonds is 5. The summed E-state index contributed by atoms with van der Waals surface area (Å²) in [5.74, 6) is 0.632. The van der Waals surface area contributed by atoms with Crippen LogP contribution < -0.4 is 10.5 Å². The second kappa shape index (κ2) is 6.75. The molecule has 0 spiro atoms. The quantitative estimate of drug-likeness (QED) is 0.620. The molecular weight excluding hydrogens is 240 g/mol. The van der Waals surface area contributed by atoms with E-state index in [4.69, 9.17) is 5.41 Å². The minimum absolute atomic E-state index is 0. The van der Waals surface area contributed by atoms with Gasteiger partial charge in [0, 0.05) is 19.2 Å². The predicted molar refractivity (Wildman–Crippen MR) is 69.9 cm³/mol. The second-order valence-corrected chi connectivity index (χ2v) is 3.37. The summed E-state index contributed by atoms with van der Waals surface area (Å²) in [6.45, 7) is 10.3. The van der Waals surface area contributed by atoms with Crippen molar-refractivity contribution in [2.75, 3.05) is 18.0 Å². The van der Waals surface area contributed by atoms with Gasteiger partial charge in [0.1, 0.15) is 5.82 Å². The summed E-state index contributed by atoms with van der Waals surface area (Å²) in [5.41, 5.74) is 0.376. The van der Waals surface area contributed by atoms with Gasteiger partial charge in [-0.05, 0) is 6.92 Å². The zero-order valence-corrected chi connectivity index (χ0v) is 10.6. The summed E-state index contributed by atoms with van der Waals surface area (Å²) < 4.78 is 0.740. The summed E-state index contributed by atoms with van der Waals surface area (Å²) in [6, 6.07) is 1.71. The van der Waals surface area contributed by atoms with Crippen LogP contribution in [-0.2, 0) is 0 Å². The van der Waals surface area contributed by atoms with Gasteiger partial charge in [-0.2, -0.15) is 9.71 Å². The Morgan fingerprint density at radius 3 is 2.41 bits per heavy atom. The molecule has 0 fully saturated rings. The van der Waals surface area contributed by atoms with Crippen LogP contribution in [0.3, 0.4) is 0 Å². The number of halogens is 1. The van der Waals surface area contributed by atoms with Gasteiger partial charge in [0.2, 0.25) is 0 Å². The largest absolute Gasteiger partial charge is 0.425 e. The maximum absolute atomic E-state index is 9.38. The lowest BCUT2D eigenvalue weighted by Gasteiger charge is -2.20. The van der Waals surface area contributed by atoms with Crippen LogP contribution in [-0.4, -0.2) is 28.0 Å². The molecule has 0 unspecified atom stereocenters. The van der Waals surface area contributed by atoms with Crippen molar-refractivity contribution in [3.05, 3.63) is 42.7 Å². The van der Waals surface area contributed by atoms with Crippen LogP contribution in [0.25, 0.3) is 0 Å². The molecule has 5 nitrogen and oxygen atoms in total. The van der Waals surface area contributed by atoms with E-state index in [9.17, 15) is 5.21 Å². The van der Waals surface area contributed by atoms with E-state index in [0.717, 1.165) is 4.73 Å². The molecule has 0 aliphatic carbocycles. The zero-order valence-electron chi connectivity index (χ0n) is 9.76. The van der Waals surface area contributed by atoms with E-state index < -0.39 is 0 Å². The van der Waals surface area contributed by atoms with Crippen LogP contribution >= 0.6 is 12.4 Å². The Morgan fingerprint density at radius 2 is 2.00 bits per heavy atom. The zero-order chi connectivity index (χ0) is 12.1. The van der Waals surface area contributed by atoms with Crippen molar-refractivity contribution in [2.45, 2.75) is 6.92 Å². The second-order valence-electron chi connectivity index (χ2n) is 3.37. The SMILES string of the molecule is C=CCN(CC=C)c1cc(C)n(O)c(=N)n1.Cl. The Balaban J connectivity index is 0.00000256. The highest BCUT2D eigenvalue weighted by molar-refractivity contribution is 5.85. The fourth-order valence-electron chi connectivity index (χ4n) is 1.34. The van der Waals surface area contributed by atoms with Crippen molar-refractivity contribution >= 4 is 18.2 Å². The van der Waals surface area contributed by atoms with E-state index in [1.807, 2.05) is 4.90 Å². The molecule has 0 aliphatic heterocycles. The van der Waals surface area contributed by atoms with Crippen LogP contribution in [0, 0.1) is 12.3 Å². The average molecular weight is 257 g/mol. The topological polar surface area (TPSA) is 65.1 Å². The van der Waals surface area contributed by atoms with Gasteiger partial charge < -0.3 is 10.1 Å². The number of hydrogen-bond acceptors (Lipinski definition) is 4. The smallest absolute Gasteiger partial charge is 0.257 e. The highest BCUT2D eigenvalue weighted by Gasteiger charge is 2.07. The molecule has 1 aromatic rings. The molecule has 1 heterocycles. The third-order valence-corrected chi connectivity index (χ3v) is 2.12. The molecule has 0 aliphatic rings. The minimum Gasteiger partial charge on any atom is -0.425 e. The molecule has 94 valence electrons. The summed E-state index contributed by atoms with van der Waals surface area (Å²) >= 11 is 0. The lowest BCUT2D eigenvalue weighted by atomic mass is 10.3. The predicted octanol–water partition coefficient (Wildman–Crippen LogP) is 1.51. The van der Waals surface area contributed by atoms with E-state index >= 15 is 0 Å². The Kier molecular flexibility index (Phi) is 6.06. The first kappa shape index (κ1) is 15.2. The summed E-state index contributed by atoms with van der Waals surface area (Å²) in [6.07, 6.45) is 3.51. The molecule has 0 saturated heterocycles. The van der Waals surface area contributed by atoms with Crippen LogP contribution in [0.5, 0.6) is 0 Å². The monoisotopic (exact) mass is 256 g/mol. The average Bonchev–Trinajstić information content (AvgIpc) is 2.25. The lowest BCUT2D eigenvalue weighted by Crippen LogP contribution is -2.30. The summed E-state index contributed by atoms with van der Waals surface area (Å²) in [4.78, 5) is 5.89. The number of aryl methyl sites for hydroxylation is 1. The van der Waals surface area contributed by atoms with Crippen molar-refractivity contribution in [3.63, 3.8) is 0 Å². The number of hydrogen-bond donors (Lipinski definition) is 2. The number of aromatic nitrogens is 2. The molecule has 6 heteroatoms. The Morgan fingerprint density at radius 1 is 1.47 bits per heavy atom. The minimum atomic E-state index is -0.187. The first-order valence-electron chi connectivity index (χ1n) is 4.91. The van der Waals surface area contributed by atoms with Crippen molar-refractivity contribution in [1.82, 2.24) is 9.71 Å². The Labute approximate surface area is 107 Å². The van der Waals surface area contributed by atoms with Gasteiger partial charge in [-0.1, -0.05) is 12.2 Å². The Bertz CT molecular complexity index is 445. The summed E-state index contributed by atoms with van der Waals surface area (Å²) in [5, 5.41) is 16.9. The lowest BCUT2D eigenvalue weighted by molar-refractivity contribution is 0.158. The highest BCUT2D eigenvalue weighted by Crippen LogP contribution is 2.09. The van der Waals surface area contributed by atoms with Gasteiger partial charge in [0.25, 0.3) is 5.62 Å². The maximum Gasteiger partial charge on any atom is 0.257 e. The van der Waals surface area contributed by atoms with Crippen LogP contribution in [0.2, 0.25) is 0 Å². The highest BCUT2D eigenvalue weighted by atomic mass is 35.5. The number of nitrogens with zero attached hydrogens (tertiary/aromatic N) is 3. The van der Waals surface area contributed by atoms with Crippen LogP contribution in [0.15, 0.2) is 31.4 Å². The molecule has 2 N–H and O–H groups in total. The van der Waals surface area contributed by atoms with Crippen molar-refractivity contribution in [2.24, 2.45) is 0 Å². The molecular formula is C11H17ClN4O. The molecule has 0 radical (unpaired) electrons. The molecule has 1 aromatic heterocycles. The molecule has 1 rings (SSSR count). The first-order chi connectivity index (χ1) is 7.60. The van der Waals surface area contributed by atoms with Gasteiger partial charge in [0.15, 0.2) is 0 Å². The van der Waals surface area contributed by atoms with Gasteiger partial charge in [-0.3, -0.25) is 5.41 Å². The maximum atomic E-state index is 9.38. The molecule has 17 heavy (non-hydrogen) atoms. The first-order valence-corrected chi connectivity index (χ1v) is 4.91. The van der Waals surface area contributed by atoms with Gasteiger partial charge >= 0.3 is 0 Å². The molecule has 0 bridgehead atoms. The normalized spacial score (nSPS) is 9.24. The van der Waals surface area contributed by atoms with E-state index in [0.29, 0.717) is 24.6 Å². The molecule has 0 saturated carbocycles. The van der Waals surface area contributed by atoms with Gasteiger partial charge in [-0.15, -0.1) is 25.6 Å². The number of nitrogens with one attached hydrogen (secondary N) is 1. The van der Waals surface area contributed by atoms with E-state index in [2.05, 4.69) is 18.1 Å². The fraction of sp³-hybridized carbons (Fsp3) is 0.273. The van der Waals surface area contributed by atoms with Crippen LogP contribution in [0.1, 0.15) is 5.69 Å². The van der Waals surface area contributed by atoms with Gasteiger partial charge in [0.05, 0.1) is 5.69 Å². The molecule has 0 amide bonds. The van der Waals surface area contributed by atoms with Gasteiger partial charge in [-0.25, -0.2) is 0 Å². The van der Waals surface area contributed by atoms with Crippen LogP contribution in [0.4, 0.5) is 5.82 Å². The third kappa shape index (κ3) is 3.64. The van der Waals surface area contributed by atoms with E-state index in [-0.39, 0.29) is 18.0 Å². The Hall–Kier alpha value is -1.75. The van der Waals surface area contributed by atoms with Crippen molar-refractivity contribution in [3.8, 4) is 0 Å².